The number of methoxy groups -OCH3 is 2. The summed E-state index contributed by atoms with van der Waals surface area (Å²) in [5.74, 6) is -0.317. The standard InChI is InChI=1S/C31H22Cl2IN3O5/c1-40-25-12-8-18(32)14-22(25)31(39)42-26-11-7-17(13-27(26)41-2)16-35-37-30(38)29-28(20-5-3-4-6-23(20)33)21-15-19(34)9-10-24(21)36-29/h3-16,36H,1-2H3,(H,37,38). The van der Waals surface area contributed by atoms with Crippen molar-refractivity contribution in [3.8, 4) is 28.4 Å². The van der Waals surface area contributed by atoms with E-state index in [2.05, 4.69) is 38.1 Å². The summed E-state index contributed by atoms with van der Waals surface area (Å²) in [5, 5.41) is 5.89. The average Bonchev–Trinajstić information content (AvgIpc) is 3.36. The highest BCUT2D eigenvalue weighted by atomic mass is 127. The van der Waals surface area contributed by atoms with Gasteiger partial charge in [-0.1, -0.05) is 41.4 Å². The van der Waals surface area contributed by atoms with Gasteiger partial charge >= 0.3 is 5.97 Å². The normalized spacial score (nSPS) is 11.1. The van der Waals surface area contributed by atoms with Gasteiger partial charge in [-0.2, -0.15) is 5.10 Å². The van der Waals surface area contributed by atoms with Crippen LogP contribution in [-0.4, -0.2) is 37.3 Å². The van der Waals surface area contributed by atoms with Gasteiger partial charge in [-0.05, 0) is 88.8 Å². The largest absolute Gasteiger partial charge is 0.496 e. The number of rotatable bonds is 8. The van der Waals surface area contributed by atoms with E-state index in [4.69, 9.17) is 37.4 Å². The Kier molecular flexibility index (Phi) is 9.00. The fraction of sp³-hybridized carbons (Fsp3) is 0.0645. The van der Waals surface area contributed by atoms with Crippen molar-refractivity contribution in [3.63, 3.8) is 0 Å². The summed E-state index contributed by atoms with van der Waals surface area (Å²) in [6, 6.07) is 22.7. The summed E-state index contributed by atoms with van der Waals surface area (Å²) >= 11 is 14.8. The molecule has 5 aromatic rings. The molecule has 0 fully saturated rings. The molecular weight excluding hydrogens is 692 g/mol. The van der Waals surface area contributed by atoms with Gasteiger partial charge in [-0.3, -0.25) is 4.79 Å². The number of aromatic amines is 1. The lowest BCUT2D eigenvalue weighted by Crippen LogP contribution is -2.19. The molecule has 0 aliphatic carbocycles. The van der Waals surface area contributed by atoms with Crippen LogP contribution in [0.3, 0.4) is 0 Å². The van der Waals surface area contributed by atoms with Crippen LogP contribution in [0, 0.1) is 3.57 Å². The Balaban J connectivity index is 1.37. The minimum atomic E-state index is -0.663. The van der Waals surface area contributed by atoms with E-state index in [0.29, 0.717) is 32.6 Å². The molecule has 0 bridgehead atoms. The number of hydrazone groups is 1. The van der Waals surface area contributed by atoms with E-state index >= 15 is 0 Å². The smallest absolute Gasteiger partial charge is 0.347 e. The Hall–Kier alpha value is -4.06. The predicted octanol–water partition coefficient (Wildman–Crippen LogP) is 7.75. The molecule has 212 valence electrons. The van der Waals surface area contributed by atoms with Gasteiger partial charge in [0, 0.05) is 35.6 Å². The van der Waals surface area contributed by atoms with Crippen LogP contribution in [0.1, 0.15) is 26.4 Å². The second-order valence-corrected chi connectivity index (χ2v) is 11.0. The zero-order valence-electron chi connectivity index (χ0n) is 22.2. The third-order valence-corrected chi connectivity index (χ3v) is 7.52. The van der Waals surface area contributed by atoms with E-state index in [-0.39, 0.29) is 17.1 Å². The molecule has 5 rings (SSSR count). The molecule has 4 aromatic carbocycles. The third kappa shape index (κ3) is 6.23. The van der Waals surface area contributed by atoms with Crippen molar-refractivity contribution in [1.29, 1.82) is 0 Å². The van der Waals surface area contributed by atoms with Gasteiger partial charge in [0.1, 0.15) is 17.0 Å². The van der Waals surface area contributed by atoms with E-state index in [1.54, 1.807) is 36.4 Å². The number of amides is 1. The highest BCUT2D eigenvalue weighted by molar-refractivity contribution is 14.1. The molecule has 0 aliphatic heterocycles. The van der Waals surface area contributed by atoms with Crippen molar-refractivity contribution < 1.29 is 23.8 Å². The quantitative estimate of drug-likeness (QED) is 0.0563. The van der Waals surface area contributed by atoms with Crippen LogP contribution in [0.2, 0.25) is 10.0 Å². The Bertz CT molecular complexity index is 1850. The molecule has 0 atom stereocenters. The maximum Gasteiger partial charge on any atom is 0.347 e. The summed E-state index contributed by atoms with van der Waals surface area (Å²) in [4.78, 5) is 29.3. The fourth-order valence-electron chi connectivity index (χ4n) is 4.34. The van der Waals surface area contributed by atoms with Crippen LogP contribution < -0.4 is 19.6 Å². The maximum atomic E-state index is 13.3. The Morgan fingerprint density at radius 3 is 2.43 bits per heavy atom. The van der Waals surface area contributed by atoms with Crippen LogP contribution >= 0.6 is 45.8 Å². The van der Waals surface area contributed by atoms with E-state index in [1.807, 2.05) is 36.4 Å². The number of carbonyl (C=O) groups excluding carboxylic acids is 2. The van der Waals surface area contributed by atoms with Crippen LogP contribution in [0.25, 0.3) is 22.0 Å². The summed E-state index contributed by atoms with van der Waals surface area (Å²) < 4.78 is 17.2. The van der Waals surface area contributed by atoms with Crippen LogP contribution in [0.15, 0.2) is 84.0 Å². The molecule has 0 radical (unpaired) electrons. The number of benzene rings is 4. The number of aromatic nitrogens is 1. The number of nitrogens with one attached hydrogen (secondary N) is 2. The number of H-pyrrole nitrogens is 1. The summed E-state index contributed by atoms with van der Waals surface area (Å²) in [6.07, 6.45) is 1.45. The molecule has 1 heterocycles. The maximum absolute atomic E-state index is 13.3. The highest BCUT2D eigenvalue weighted by Crippen LogP contribution is 2.37. The fourth-order valence-corrected chi connectivity index (χ4v) is 5.24. The average molecular weight is 714 g/mol. The third-order valence-electron chi connectivity index (χ3n) is 6.28. The summed E-state index contributed by atoms with van der Waals surface area (Å²) in [5.41, 5.74) is 5.87. The molecule has 0 saturated carbocycles. The molecule has 8 nitrogen and oxygen atoms in total. The zero-order valence-corrected chi connectivity index (χ0v) is 25.9. The second-order valence-electron chi connectivity index (χ2n) is 8.89. The minimum Gasteiger partial charge on any atom is -0.496 e. The van der Waals surface area contributed by atoms with Crippen molar-refractivity contribution >= 4 is 74.8 Å². The van der Waals surface area contributed by atoms with E-state index in [9.17, 15) is 9.59 Å². The first-order valence-electron chi connectivity index (χ1n) is 12.4. The van der Waals surface area contributed by atoms with Crippen molar-refractivity contribution in [2.24, 2.45) is 5.10 Å². The number of ether oxygens (including phenoxy) is 3. The second kappa shape index (κ2) is 12.8. The molecule has 11 heteroatoms. The van der Waals surface area contributed by atoms with Crippen molar-refractivity contribution in [1.82, 2.24) is 10.4 Å². The van der Waals surface area contributed by atoms with E-state index < -0.39 is 11.9 Å². The molecule has 2 N–H and O–H groups in total. The lowest BCUT2D eigenvalue weighted by Gasteiger charge is -2.12. The molecule has 42 heavy (non-hydrogen) atoms. The van der Waals surface area contributed by atoms with Crippen LogP contribution in [0.4, 0.5) is 0 Å². The molecule has 0 unspecified atom stereocenters. The Morgan fingerprint density at radius 2 is 1.67 bits per heavy atom. The van der Waals surface area contributed by atoms with Gasteiger partial charge in [0.25, 0.3) is 5.91 Å². The summed E-state index contributed by atoms with van der Waals surface area (Å²) in [6.45, 7) is 0. The lowest BCUT2D eigenvalue weighted by atomic mass is 10.0. The van der Waals surface area contributed by atoms with Gasteiger partial charge in [-0.25, -0.2) is 10.2 Å². The van der Waals surface area contributed by atoms with Gasteiger partial charge in [0.15, 0.2) is 11.5 Å². The molecule has 1 amide bonds. The predicted molar refractivity (Wildman–Crippen MR) is 172 cm³/mol. The van der Waals surface area contributed by atoms with Gasteiger partial charge in [0.05, 0.1) is 20.4 Å². The van der Waals surface area contributed by atoms with Crippen molar-refractivity contribution in [3.05, 3.63) is 109 Å². The van der Waals surface area contributed by atoms with E-state index in [1.165, 1.54) is 26.5 Å². The molecule has 0 saturated heterocycles. The highest BCUT2D eigenvalue weighted by Gasteiger charge is 2.21. The van der Waals surface area contributed by atoms with Crippen molar-refractivity contribution in [2.45, 2.75) is 0 Å². The monoisotopic (exact) mass is 713 g/mol. The molecular formula is C31H22Cl2IN3O5. The minimum absolute atomic E-state index is 0.170. The number of carbonyl (C=O) groups is 2. The van der Waals surface area contributed by atoms with Crippen molar-refractivity contribution in [2.75, 3.05) is 14.2 Å². The zero-order chi connectivity index (χ0) is 29.8. The van der Waals surface area contributed by atoms with Gasteiger partial charge in [-0.15, -0.1) is 0 Å². The first-order valence-corrected chi connectivity index (χ1v) is 14.3. The number of esters is 1. The van der Waals surface area contributed by atoms with Crippen LogP contribution in [-0.2, 0) is 0 Å². The molecule has 0 spiro atoms. The Morgan fingerprint density at radius 1 is 0.905 bits per heavy atom. The number of nitrogens with zero attached hydrogens (tertiary/aromatic N) is 1. The van der Waals surface area contributed by atoms with Gasteiger partial charge < -0.3 is 19.2 Å². The number of fused-ring (bicyclic) bond motifs is 1. The van der Waals surface area contributed by atoms with Crippen LogP contribution in [0.5, 0.6) is 17.2 Å². The van der Waals surface area contributed by atoms with E-state index in [0.717, 1.165) is 20.0 Å². The van der Waals surface area contributed by atoms with Gasteiger partial charge in [0.2, 0.25) is 0 Å². The number of hydrogen-bond donors (Lipinski definition) is 2. The molecule has 0 aliphatic rings. The SMILES string of the molecule is COc1cc(C=NNC(=O)c2[nH]c3ccc(I)cc3c2-c2ccccc2Cl)ccc1OC(=O)c1cc(Cl)ccc1OC. The summed E-state index contributed by atoms with van der Waals surface area (Å²) in [7, 11) is 2.90. The first-order chi connectivity index (χ1) is 20.3. The Labute approximate surface area is 264 Å². The number of halogens is 3. The number of hydrogen-bond acceptors (Lipinski definition) is 6. The topological polar surface area (TPSA) is 102 Å². The first kappa shape index (κ1) is 29.4. The lowest BCUT2D eigenvalue weighted by molar-refractivity contribution is 0.0726. The molecule has 1 aromatic heterocycles.